The molecule has 17 heteroatoms. The molecule has 8 rings (SSSR count). The highest BCUT2D eigenvalue weighted by molar-refractivity contribution is 6.02. The summed E-state index contributed by atoms with van der Waals surface area (Å²) in [5.74, 6) is -5.45. The summed E-state index contributed by atoms with van der Waals surface area (Å²) in [7, 11) is 4.18. The maximum atomic E-state index is 15.3. The van der Waals surface area contributed by atoms with Gasteiger partial charge in [0.15, 0.2) is 5.82 Å². The number of hydrogen-bond donors (Lipinski definition) is 3. The van der Waals surface area contributed by atoms with Crippen molar-refractivity contribution < 1.29 is 37.1 Å². The van der Waals surface area contributed by atoms with E-state index < -0.39 is 24.3 Å². The summed E-state index contributed by atoms with van der Waals surface area (Å²) in [5.41, 5.74) is 2.31. The van der Waals surface area contributed by atoms with E-state index in [2.05, 4.69) is 35.7 Å². The van der Waals surface area contributed by atoms with Gasteiger partial charge in [-0.1, -0.05) is 6.07 Å². The number of imide groups is 1. The molecule has 1 aromatic heterocycles. The fraction of sp³-hybridized carbons (Fsp3) is 0.512. The summed E-state index contributed by atoms with van der Waals surface area (Å²) in [6, 6.07) is 10.1. The number of nitrogens with zero attached hydrogens (tertiary/aromatic N) is 6. The second-order valence-corrected chi connectivity index (χ2v) is 16.4. The Labute approximate surface area is 334 Å². The zero-order valence-electron chi connectivity index (χ0n) is 32.8. The smallest absolute Gasteiger partial charge is 0.342 e. The average molecular weight is 804 g/mol. The van der Waals surface area contributed by atoms with Gasteiger partial charge in [-0.05, 0) is 98.8 Å². The highest BCUT2D eigenvalue weighted by Crippen LogP contribution is 2.54. The molecule has 0 bridgehead atoms. The van der Waals surface area contributed by atoms with Crippen molar-refractivity contribution in [2.24, 2.45) is 11.3 Å². The van der Waals surface area contributed by atoms with E-state index in [1.807, 2.05) is 6.07 Å². The summed E-state index contributed by atoms with van der Waals surface area (Å²) >= 11 is 0. The van der Waals surface area contributed by atoms with E-state index in [1.165, 1.54) is 38.4 Å². The number of fused-ring (bicyclic) bond motifs is 1. The molecule has 2 atom stereocenters. The SMILES string of the molecule is COc1cc(C(=O)NC2CC23CCN(CC2CCN(c4ccc(C5CCC(=O)NC5=O)cc4F)CC2)CC3)ccc1Nc1ncc2c(n1)N(C)CC(F)(F)C(=O)N2C. The highest BCUT2D eigenvalue weighted by atomic mass is 19.3. The molecular weight excluding hydrogens is 756 g/mol. The molecule has 14 nitrogen and oxygen atoms in total. The van der Waals surface area contributed by atoms with Gasteiger partial charge in [0.2, 0.25) is 17.8 Å². The molecule has 308 valence electrons. The molecule has 4 amide bonds. The number of halogens is 3. The van der Waals surface area contributed by atoms with Gasteiger partial charge < -0.3 is 35.0 Å². The zero-order valence-corrected chi connectivity index (χ0v) is 32.8. The van der Waals surface area contributed by atoms with Crippen molar-refractivity contribution >= 4 is 52.5 Å². The molecule has 2 unspecified atom stereocenters. The number of carbonyl (C=O) groups excluding carboxylic acids is 4. The van der Waals surface area contributed by atoms with Crippen molar-refractivity contribution in [1.29, 1.82) is 0 Å². The largest absolute Gasteiger partial charge is 0.495 e. The van der Waals surface area contributed by atoms with Gasteiger partial charge >= 0.3 is 5.92 Å². The van der Waals surface area contributed by atoms with Crippen molar-refractivity contribution in [2.75, 3.05) is 80.5 Å². The second-order valence-electron chi connectivity index (χ2n) is 16.4. The van der Waals surface area contributed by atoms with Crippen LogP contribution < -0.4 is 35.4 Å². The first kappa shape index (κ1) is 39.4. The molecule has 3 saturated heterocycles. The summed E-state index contributed by atoms with van der Waals surface area (Å²) in [6.45, 7) is 3.62. The molecule has 1 aliphatic carbocycles. The van der Waals surface area contributed by atoms with E-state index in [1.54, 1.807) is 24.3 Å². The van der Waals surface area contributed by atoms with Crippen molar-refractivity contribution in [3.63, 3.8) is 0 Å². The lowest BCUT2D eigenvalue weighted by Crippen LogP contribution is -2.45. The van der Waals surface area contributed by atoms with Crippen LogP contribution in [0.25, 0.3) is 0 Å². The Bertz CT molecular complexity index is 2120. The van der Waals surface area contributed by atoms with Crippen LogP contribution in [0.2, 0.25) is 0 Å². The molecule has 3 aromatic rings. The molecule has 4 fully saturated rings. The van der Waals surface area contributed by atoms with Crippen LogP contribution in [0.3, 0.4) is 0 Å². The molecular formula is C41H48F3N9O5. The van der Waals surface area contributed by atoms with Gasteiger partial charge in [0, 0.05) is 51.8 Å². The fourth-order valence-electron chi connectivity index (χ4n) is 9.05. The predicted molar refractivity (Wildman–Crippen MR) is 210 cm³/mol. The van der Waals surface area contributed by atoms with Crippen LogP contribution in [0, 0.1) is 17.2 Å². The van der Waals surface area contributed by atoms with E-state index in [4.69, 9.17) is 4.74 Å². The molecule has 1 saturated carbocycles. The number of rotatable bonds is 9. The van der Waals surface area contributed by atoms with Gasteiger partial charge in [-0.25, -0.2) is 9.37 Å². The fourth-order valence-corrected chi connectivity index (χ4v) is 9.05. The Hall–Kier alpha value is -5.45. The lowest BCUT2D eigenvalue weighted by Gasteiger charge is -2.39. The van der Waals surface area contributed by atoms with E-state index in [0.29, 0.717) is 40.6 Å². The number of amides is 4. The maximum Gasteiger partial charge on any atom is 0.342 e. The number of nitrogens with one attached hydrogen (secondary N) is 3. The van der Waals surface area contributed by atoms with Crippen LogP contribution in [0.15, 0.2) is 42.6 Å². The molecule has 58 heavy (non-hydrogen) atoms. The quantitative estimate of drug-likeness (QED) is 0.264. The average Bonchev–Trinajstić information content (AvgIpc) is 3.88. The van der Waals surface area contributed by atoms with Crippen LogP contribution in [0.4, 0.5) is 42.0 Å². The van der Waals surface area contributed by atoms with Gasteiger partial charge in [-0.3, -0.25) is 24.5 Å². The molecule has 5 heterocycles. The molecule has 2 aromatic carbocycles. The summed E-state index contributed by atoms with van der Waals surface area (Å²) in [4.78, 5) is 64.8. The number of ether oxygens (including phenoxy) is 1. The van der Waals surface area contributed by atoms with Crippen LogP contribution in [-0.4, -0.2) is 111 Å². The topological polar surface area (TPSA) is 152 Å². The molecule has 5 aliphatic rings. The summed E-state index contributed by atoms with van der Waals surface area (Å²) in [6.07, 6.45) is 6.84. The lowest BCUT2D eigenvalue weighted by molar-refractivity contribution is -0.140. The number of likely N-dealkylation sites (tertiary alicyclic amines) is 1. The number of aromatic nitrogens is 2. The highest BCUT2D eigenvalue weighted by Gasteiger charge is 2.55. The number of benzene rings is 2. The first-order valence-electron chi connectivity index (χ1n) is 19.8. The van der Waals surface area contributed by atoms with E-state index in [-0.39, 0.29) is 58.9 Å². The van der Waals surface area contributed by atoms with Crippen LogP contribution >= 0.6 is 0 Å². The Morgan fingerprint density at radius 2 is 1.76 bits per heavy atom. The van der Waals surface area contributed by atoms with Crippen LogP contribution in [0.5, 0.6) is 5.75 Å². The summed E-state index contributed by atoms with van der Waals surface area (Å²) < 4.78 is 49.6. The number of alkyl halides is 2. The summed E-state index contributed by atoms with van der Waals surface area (Å²) in [5, 5.41) is 8.63. The van der Waals surface area contributed by atoms with Crippen LogP contribution in [-0.2, 0) is 14.4 Å². The van der Waals surface area contributed by atoms with Crippen LogP contribution in [0.1, 0.15) is 66.8 Å². The molecule has 0 radical (unpaired) electrons. The minimum Gasteiger partial charge on any atom is -0.495 e. The zero-order chi connectivity index (χ0) is 40.9. The lowest BCUT2D eigenvalue weighted by atomic mass is 9.89. The van der Waals surface area contributed by atoms with E-state index in [9.17, 15) is 28.0 Å². The van der Waals surface area contributed by atoms with Gasteiger partial charge in [-0.2, -0.15) is 13.8 Å². The monoisotopic (exact) mass is 803 g/mol. The van der Waals surface area contributed by atoms with Crippen molar-refractivity contribution in [3.8, 4) is 5.75 Å². The van der Waals surface area contributed by atoms with E-state index >= 15 is 4.39 Å². The minimum absolute atomic E-state index is 0.0906. The van der Waals surface area contributed by atoms with Gasteiger partial charge in [0.25, 0.3) is 11.8 Å². The van der Waals surface area contributed by atoms with Crippen molar-refractivity contribution in [3.05, 3.63) is 59.5 Å². The van der Waals surface area contributed by atoms with Gasteiger partial charge in [0.05, 0.1) is 37.1 Å². The van der Waals surface area contributed by atoms with Crippen molar-refractivity contribution in [1.82, 2.24) is 25.5 Å². The second kappa shape index (κ2) is 15.4. The molecule has 3 N–H and O–H groups in total. The Kier molecular flexibility index (Phi) is 10.4. The first-order chi connectivity index (χ1) is 27.7. The third kappa shape index (κ3) is 7.75. The Morgan fingerprint density at radius 1 is 1.00 bits per heavy atom. The third-order valence-electron chi connectivity index (χ3n) is 12.7. The Morgan fingerprint density at radius 3 is 2.47 bits per heavy atom. The van der Waals surface area contributed by atoms with Crippen molar-refractivity contribution in [2.45, 2.75) is 62.8 Å². The van der Waals surface area contributed by atoms with Gasteiger partial charge in [-0.15, -0.1) is 0 Å². The standard InChI is InChI=1S/C41H48F3N9O5/c1-50-23-41(43,44)38(57)51(2)31-21-45-39(49-35(31)50)46-29-7-4-26(19-32(29)58-3)36(55)47-33-20-40(33)12-16-52(17-13-40)22-24-10-14-53(15-11-24)30-8-5-25(18-28(30)42)27-6-9-34(54)48-37(27)56/h4-5,7-8,18-19,21,24,27,33H,6,9-17,20,22-23H2,1-3H3,(H,47,55)(H,45,46,49)(H,48,54,56). The maximum absolute atomic E-state index is 15.3. The number of piperidine rings is 3. The third-order valence-corrected chi connectivity index (χ3v) is 12.7. The van der Waals surface area contributed by atoms with Gasteiger partial charge in [0.1, 0.15) is 17.3 Å². The minimum atomic E-state index is -3.58. The normalized spacial score (nSPS) is 23.3. The first-order valence-corrected chi connectivity index (χ1v) is 19.8. The number of methoxy groups -OCH3 is 1. The molecule has 1 spiro atoms. The Balaban J connectivity index is 0.802. The number of carbonyl (C=O) groups is 4. The predicted octanol–water partition coefficient (Wildman–Crippen LogP) is 4.44. The number of hydrogen-bond acceptors (Lipinski definition) is 11. The van der Waals surface area contributed by atoms with E-state index in [0.717, 1.165) is 69.7 Å². The number of anilines is 5. The molecule has 4 aliphatic heterocycles.